The molecule has 0 aliphatic carbocycles. The number of carbonyl (C=O) groups is 1. The molecule has 1 aromatic carbocycles. The zero-order valence-corrected chi connectivity index (χ0v) is 12.1. The number of hydrogen-bond donors (Lipinski definition) is 2. The molecule has 23 heavy (non-hydrogen) atoms. The van der Waals surface area contributed by atoms with E-state index in [0.29, 0.717) is 29.1 Å². The first kappa shape index (κ1) is 14.9. The highest BCUT2D eigenvalue weighted by Crippen LogP contribution is 2.20. The van der Waals surface area contributed by atoms with Crippen molar-refractivity contribution < 1.29 is 13.9 Å². The lowest BCUT2D eigenvalue weighted by Gasteiger charge is -2.15. The molecule has 0 fully saturated rings. The Morgan fingerprint density at radius 3 is 2.83 bits per heavy atom. The van der Waals surface area contributed by atoms with Gasteiger partial charge in [0, 0.05) is 41.3 Å². The monoisotopic (exact) mass is 315 g/mol. The average molecular weight is 315 g/mol. The minimum absolute atomic E-state index is 0.0612. The molecule has 2 heterocycles. The molecule has 1 aromatic heterocycles. The number of hydrazone groups is 1. The number of alkyl halides is 1. The van der Waals surface area contributed by atoms with E-state index in [9.17, 15) is 9.18 Å². The second-order valence-corrected chi connectivity index (χ2v) is 4.85. The number of rotatable bonds is 5. The first-order chi connectivity index (χ1) is 11.3. The van der Waals surface area contributed by atoms with Crippen molar-refractivity contribution in [3.8, 4) is 0 Å². The van der Waals surface area contributed by atoms with Crippen LogP contribution < -0.4 is 10.7 Å². The number of ether oxygens (including phenoxy) is 1. The smallest absolute Gasteiger partial charge is 0.428 e. The maximum atomic E-state index is 13.3. The Morgan fingerprint density at radius 2 is 2.13 bits per heavy atom. The van der Waals surface area contributed by atoms with E-state index in [-0.39, 0.29) is 6.61 Å². The Labute approximate surface area is 131 Å². The number of halogens is 1. The third-order valence-corrected chi connectivity index (χ3v) is 3.30. The van der Waals surface area contributed by atoms with E-state index < -0.39 is 12.8 Å². The molecule has 2 N–H and O–H groups in total. The topological polar surface area (TPSA) is 88.5 Å². The minimum atomic E-state index is -0.623. The van der Waals surface area contributed by atoms with Gasteiger partial charge in [-0.15, -0.1) is 0 Å². The Kier molecular flexibility index (Phi) is 4.41. The standard InChI is InChI=1S/C15H14FN5O2/c16-4-12-3-11(14-8-23-15(22)21-20-14)1-2-13(12)19-7-10-5-17-9-18-6-10/h1-3,5-6,9,19H,4,7-8H2,(H,21,22). The van der Waals surface area contributed by atoms with Gasteiger partial charge in [0.1, 0.15) is 25.3 Å². The van der Waals surface area contributed by atoms with E-state index >= 15 is 0 Å². The Morgan fingerprint density at radius 1 is 1.30 bits per heavy atom. The summed E-state index contributed by atoms with van der Waals surface area (Å²) in [7, 11) is 0. The number of cyclic esters (lactones) is 1. The number of anilines is 1. The summed E-state index contributed by atoms with van der Waals surface area (Å²) in [6, 6.07) is 5.25. The summed E-state index contributed by atoms with van der Waals surface area (Å²) >= 11 is 0. The van der Waals surface area contributed by atoms with Crippen molar-refractivity contribution in [2.45, 2.75) is 13.2 Å². The van der Waals surface area contributed by atoms with E-state index in [1.165, 1.54) is 6.33 Å². The molecule has 0 saturated heterocycles. The first-order valence-electron chi connectivity index (χ1n) is 6.92. The average Bonchev–Trinajstić information content (AvgIpc) is 2.61. The molecule has 0 saturated carbocycles. The molecule has 0 atom stereocenters. The summed E-state index contributed by atoms with van der Waals surface area (Å²) in [5.41, 5.74) is 5.56. The summed E-state index contributed by atoms with van der Waals surface area (Å²) in [6.07, 6.45) is 4.25. The van der Waals surface area contributed by atoms with Gasteiger partial charge in [-0.05, 0) is 12.1 Å². The fourth-order valence-electron chi connectivity index (χ4n) is 2.13. The predicted octanol–water partition coefficient (Wildman–Crippen LogP) is 2.00. The van der Waals surface area contributed by atoms with Crippen LogP contribution in [0.2, 0.25) is 0 Å². The molecule has 7 nitrogen and oxygen atoms in total. The molecule has 1 aliphatic heterocycles. The molecule has 2 aromatic rings. The van der Waals surface area contributed by atoms with E-state index in [0.717, 1.165) is 5.56 Å². The van der Waals surface area contributed by atoms with Crippen molar-refractivity contribution in [2.24, 2.45) is 5.10 Å². The third kappa shape index (κ3) is 3.60. The van der Waals surface area contributed by atoms with Crippen LogP contribution in [0.5, 0.6) is 0 Å². The third-order valence-electron chi connectivity index (χ3n) is 3.30. The summed E-state index contributed by atoms with van der Waals surface area (Å²) in [4.78, 5) is 18.8. The second-order valence-electron chi connectivity index (χ2n) is 4.85. The van der Waals surface area contributed by atoms with Crippen LogP contribution in [0.1, 0.15) is 16.7 Å². The predicted molar refractivity (Wildman–Crippen MR) is 81.6 cm³/mol. The highest BCUT2D eigenvalue weighted by atomic mass is 19.1. The SMILES string of the molecule is O=C1NN=C(c2ccc(NCc3cncnc3)c(CF)c2)CO1. The summed E-state index contributed by atoms with van der Waals surface area (Å²) in [5, 5.41) is 7.07. The minimum Gasteiger partial charge on any atom is -0.442 e. The maximum Gasteiger partial charge on any atom is 0.428 e. The highest BCUT2D eigenvalue weighted by molar-refractivity contribution is 6.04. The molecule has 0 unspecified atom stereocenters. The number of nitrogens with zero attached hydrogens (tertiary/aromatic N) is 3. The molecule has 3 rings (SSSR count). The second kappa shape index (κ2) is 6.82. The van der Waals surface area contributed by atoms with Gasteiger partial charge in [-0.3, -0.25) is 0 Å². The fourth-order valence-corrected chi connectivity index (χ4v) is 2.13. The van der Waals surface area contributed by atoms with Crippen molar-refractivity contribution in [1.29, 1.82) is 0 Å². The van der Waals surface area contributed by atoms with Crippen LogP contribution in [0, 0.1) is 0 Å². The summed E-state index contributed by atoms with van der Waals surface area (Å²) < 4.78 is 18.2. The van der Waals surface area contributed by atoms with Crippen molar-refractivity contribution >= 4 is 17.5 Å². The van der Waals surface area contributed by atoms with Gasteiger partial charge in [0.05, 0.1) is 0 Å². The van der Waals surface area contributed by atoms with Crippen LogP contribution in [0.25, 0.3) is 0 Å². The molecular weight excluding hydrogens is 301 g/mol. The lowest BCUT2D eigenvalue weighted by Crippen LogP contribution is -2.30. The number of hydrogen-bond acceptors (Lipinski definition) is 6. The Balaban J connectivity index is 1.76. The first-order valence-corrected chi connectivity index (χ1v) is 6.92. The van der Waals surface area contributed by atoms with Gasteiger partial charge in [-0.1, -0.05) is 6.07 Å². The van der Waals surface area contributed by atoms with E-state index in [2.05, 4.69) is 25.8 Å². The molecule has 8 heteroatoms. The molecule has 1 aliphatic rings. The number of nitrogens with one attached hydrogen (secondary N) is 2. The maximum absolute atomic E-state index is 13.3. The zero-order chi connectivity index (χ0) is 16.1. The van der Waals surface area contributed by atoms with Gasteiger partial charge in [0.15, 0.2) is 0 Å². The largest absolute Gasteiger partial charge is 0.442 e. The Bertz CT molecular complexity index is 736. The Hall–Kier alpha value is -3.03. The highest BCUT2D eigenvalue weighted by Gasteiger charge is 2.15. The van der Waals surface area contributed by atoms with Gasteiger partial charge in [-0.25, -0.2) is 24.6 Å². The fraction of sp³-hybridized carbons (Fsp3) is 0.200. The van der Waals surface area contributed by atoms with Gasteiger partial charge < -0.3 is 10.1 Å². The lowest BCUT2D eigenvalue weighted by molar-refractivity contribution is 0.157. The van der Waals surface area contributed by atoms with Gasteiger partial charge in [0.2, 0.25) is 0 Å². The van der Waals surface area contributed by atoms with Crippen LogP contribution in [-0.2, 0) is 18.0 Å². The molecule has 1 amide bonds. The van der Waals surface area contributed by atoms with Crippen LogP contribution in [0.3, 0.4) is 0 Å². The molecule has 0 radical (unpaired) electrons. The summed E-state index contributed by atoms with van der Waals surface area (Å²) in [5.74, 6) is 0. The number of aromatic nitrogens is 2. The number of amides is 1. The van der Waals surface area contributed by atoms with Crippen LogP contribution >= 0.6 is 0 Å². The molecular formula is C15H14FN5O2. The van der Waals surface area contributed by atoms with Crippen LogP contribution in [-0.4, -0.2) is 28.4 Å². The van der Waals surface area contributed by atoms with Crippen LogP contribution in [0.15, 0.2) is 42.0 Å². The lowest BCUT2D eigenvalue weighted by atomic mass is 10.1. The van der Waals surface area contributed by atoms with Gasteiger partial charge in [-0.2, -0.15) is 5.10 Å². The zero-order valence-electron chi connectivity index (χ0n) is 12.1. The molecule has 118 valence electrons. The normalized spacial score (nSPS) is 13.8. The van der Waals surface area contributed by atoms with E-state index in [1.54, 1.807) is 30.6 Å². The van der Waals surface area contributed by atoms with E-state index in [1.807, 2.05) is 0 Å². The van der Waals surface area contributed by atoms with Crippen molar-refractivity contribution in [3.63, 3.8) is 0 Å². The number of carbonyl (C=O) groups excluding carboxylic acids is 1. The summed E-state index contributed by atoms with van der Waals surface area (Å²) in [6.45, 7) is -0.0685. The van der Waals surface area contributed by atoms with Crippen molar-refractivity contribution in [3.05, 3.63) is 53.6 Å². The van der Waals surface area contributed by atoms with E-state index in [4.69, 9.17) is 4.74 Å². The number of benzene rings is 1. The van der Waals surface area contributed by atoms with Gasteiger partial charge in [0.25, 0.3) is 0 Å². The van der Waals surface area contributed by atoms with Crippen molar-refractivity contribution in [2.75, 3.05) is 11.9 Å². The van der Waals surface area contributed by atoms with Crippen LogP contribution in [0.4, 0.5) is 14.9 Å². The molecule has 0 bridgehead atoms. The van der Waals surface area contributed by atoms with Gasteiger partial charge >= 0.3 is 6.09 Å². The molecule has 0 spiro atoms. The van der Waals surface area contributed by atoms with Crippen molar-refractivity contribution in [1.82, 2.24) is 15.4 Å². The quantitative estimate of drug-likeness (QED) is 0.881.